The van der Waals surface area contributed by atoms with Gasteiger partial charge in [0.1, 0.15) is 0 Å². The van der Waals surface area contributed by atoms with Crippen LogP contribution >= 0.6 is 11.3 Å². The molecule has 9 heteroatoms. The number of carboxylic acids is 1. The van der Waals surface area contributed by atoms with E-state index in [4.69, 9.17) is 9.63 Å². The molecule has 2 aromatic rings. The Morgan fingerprint density at radius 1 is 1.35 bits per heavy atom. The summed E-state index contributed by atoms with van der Waals surface area (Å²) in [5, 5.41) is 17.5. The Hall–Kier alpha value is -2.29. The largest absolute Gasteiger partial charge is 0.476 e. The van der Waals surface area contributed by atoms with Gasteiger partial charge in [0, 0.05) is 37.1 Å². The lowest BCUT2D eigenvalue weighted by molar-refractivity contribution is -0.121. The lowest BCUT2D eigenvalue weighted by atomic mass is 10.2. The van der Waals surface area contributed by atoms with Gasteiger partial charge in [-0.3, -0.25) is 4.79 Å². The Kier molecular flexibility index (Phi) is 5.80. The van der Waals surface area contributed by atoms with Gasteiger partial charge in [-0.2, -0.15) is 4.98 Å². The van der Waals surface area contributed by atoms with Crippen molar-refractivity contribution in [1.29, 1.82) is 0 Å². The Morgan fingerprint density at radius 3 is 2.74 bits per heavy atom. The van der Waals surface area contributed by atoms with Crippen molar-refractivity contribution in [3.05, 3.63) is 27.8 Å². The number of aryl methyl sites for hydroxylation is 1. The quantitative estimate of drug-likeness (QED) is 0.751. The van der Waals surface area contributed by atoms with Crippen LogP contribution in [0.5, 0.6) is 0 Å². The first-order chi connectivity index (χ1) is 11.0. The molecule has 0 aliphatic heterocycles. The maximum atomic E-state index is 11.7. The SMILES string of the molecule is CC(C)c1noc(CCC(=O)NCCc2nc(C(=O)O)cs2)n1. The molecule has 0 aliphatic carbocycles. The summed E-state index contributed by atoms with van der Waals surface area (Å²) in [4.78, 5) is 30.6. The average Bonchev–Trinajstić information content (AvgIpc) is 3.14. The maximum absolute atomic E-state index is 11.7. The highest BCUT2D eigenvalue weighted by Crippen LogP contribution is 2.11. The number of thiazole rings is 1. The van der Waals surface area contributed by atoms with Gasteiger partial charge in [0.15, 0.2) is 11.5 Å². The van der Waals surface area contributed by atoms with Crippen LogP contribution < -0.4 is 5.32 Å². The van der Waals surface area contributed by atoms with E-state index in [-0.39, 0.29) is 23.9 Å². The van der Waals surface area contributed by atoms with E-state index >= 15 is 0 Å². The number of rotatable bonds is 8. The molecule has 8 nitrogen and oxygen atoms in total. The maximum Gasteiger partial charge on any atom is 0.355 e. The van der Waals surface area contributed by atoms with Crippen LogP contribution in [0.25, 0.3) is 0 Å². The second-order valence-electron chi connectivity index (χ2n) is 5.23. The number of amides is 1. The summed E-state index contributed by atoms with van der Waals surface area (Å²) in [6.45, 7) is 4.35. The summed E-state index contributed by atoms with van der Waals surface area (Å²) in [5.41, 5.74) is 0.0358. The van der Waals surface area contributed by atoms with Gasteiger partial charge in [-0.15, -0.1) is 11.3 Å². The first-order valence-corrected chi connectivity index (χ1v) is 8.10. The molecule has 0 atom stereocenters. The number of carbonyl (C=O) groups is 2. The zero-order chi connectivity index (χ0) is 16.8. The number of nitrogens with zero attached hydrogens (tertiary/aromatic N) is 3. The molecule has 124 valence electrons. The third-order valence-corrected chi connectivity index (χ3v) is 3.91. The first-order valence-electron chi connectivity index (χ1n) is 7.22. The van der Waals surface area contributed by atoms with Gasteiger partial charge in [-0.1, -0.05) is 19.0 Å². The van der Waals surface area contributed by atoms with Crippen LogP contribution in [-0.2, 0) is 17.6 Å². The smallest absolute Gasteiger partial charge is 0.355 e. The van der Waals surface area contributed by atoms with Crippen molar-refractivity contribution >= 4 is 23.2 Å². The highest BCUT2D eigenvalue weighted by molar-refractivity contribution is 7.09. The number of hydrogen-bond acceptors (Lipinski definition) is 7. The number of aromatic nitrogens is 3. The van der Waals surface area contributed by atoms with Crippen LogP contribution in [0, 0.1) is 0 Å². The molecule has 23 heavy (non-hydrogen) atoms. The molecule has 0 aliphatic rings. The molecular weight excluding hydrogens is 320 g/mol. The van der Waals surface area contributed by atoms with Gasteiger partial charge in [0.05, 0.1) is 5.01 Å². The molecule has 2 rings (SSSR count). The predicted octanol–water partition coefficient (Wildman–Crippen LogP) is 1.64. The third-order valence-electron chi connectivity index (χ3n) is 3.00. The van der Waals surface area contributed by atoms with Crippen molar-refractivity contribution in [2.45, 2.75) is 39.0 Å². The van der Waals surface area contributed by atoms with Crippen LogP contribution in [0.2, 0.25) is 0 Å². The Bertz CT molecular complexity index is 680. The van der Waals surface area contributed by atoms with E-state index in [0.717, 1.165) is 0 Å². The van der Waals surface area contributed by atoms with Crippen LogP contribution in [0.1, 0.15) is 53.4 Å². The molecule has 0 saturated carbocycles. The molecule has 0 aromatic carbocycles. The number of hydrogen-bond donors (Lipinski definition) is 2. The molecule has 0 unspecified atom stereocenters. The van der Waals surface area contributed by atoms with Crippen molar-refractivity contribution in [2.24, 2.45) is 0 Å². The van der Waals surface area contributed by atoms with E-state index in [1.165, 1.54) is 16.7 Å². The minimum Gasteiger partial charge on any atom is -0.476 e. The van der Waals surface area contributed by atoms with Crippen LogP contribution in [0.15, 0.2) is 9.90 Å². The van der Waals surface area contributed by atoms with E-state index in [9.17, 15) is 9.59 Å². The van der Waals surface area contributed by atoms with Gasteiger partial charge in [-0.05, 0) is 0 Å². The summed E-state index contributed by atoms with van der Waals surface area (Å²) < 4.78 is 5.07. The number of carbonyl (C=O) groups excluding carboxylic acids is 1. The van der Waals surface area contributed by atoms with E-state index in [1.54, 1.807) is 0 Å². The summed E-state index contributed by atoms with van der Waals surface area (Å²) in [6.07, 6.45) is 1.16. The standard InChI is InChI=1S/C14H18N4O4S/c1-8(2)13-17-11(22-18-13)4-3-10(19)15-6-5-12-16-9(7-23-12)14(20)21/h7-8H,3-6H2,1-2H3,(H,15,19)(H,20,21). The van der Waals surface area contributed by atoms with E-state index < -0.39 is 5.97 Å². The molecule has 2 heterocycles. The van der Waals surface area contributed by atoms with Crippen molar-refractivity contribution in [1.82, 2.24) is 20.4 Å². The third kappa shape index (κ3) is 5.13. The van der Waals surface area contributed by atoms with Crippen LogP contribution in [0.3, 0.4) is 0 Å². The molecule has 0 saturated heterocycles. The molecule has 2 N–H and O–H groups in total. The van der Waals surface area contributed by atoms with Crippen molar-refractivity contribution in [2.75, 3.05) is 6.54 Å². The van der Waals surface area contributed by atoms with Crippen LogP contribution in [-0.4, -0.2) is 38.7 Å². The zero-order valence-electron chi connectivity index (χ0n) is 12.9. The first kappa shape index (κ1) is 17.1. The summed E-state index contributed by atoms with van der Waals surface area (Å²) in [7, 11) is 0. The highest BCUT2D eigenvalue weighted by Gasteiger charge is 2.12. The predicted molar refractivity (Wildman–Crippen MR) is 82.5 cm³/mol. The van der Waals surface area contributed by atoms with Gasteiger partial charge < -0.3 is 14.9 Å². The normalized spacial score (nSPS) is 10.9. The fraction of sp³-hybridized carbons (Fsp3) is 0.500. The Balaban J connectivity index is 1.69. The minimum absolute atomic E-state index is 0.0358. The van der Waals surface area contributed by atoms with E-state index in [2.05, 4.69) is 20.4 Å². The van der Waals surface area contributed by atoms with Crippen molar-refractivity contribution < 1.29 is 19.2 Å². The number of nitrogens with one attached hydrogen (secondary N) is 1. The minimum atomic E-state index is -1.04. The summed E-state index contributed by atoms with van der Waals surface area (Å²) in [6, 6.07) is 0. The van der Waals surface area contributed by atoms with Crippen molar-refractivity contribution in [3.63, 3.8) is 0 Å². The Morgan fingerprint density at radius 2 is 2.13 bits per heavy atom. The Labute approximate surface area is 136 Å². The van der Waals surface area contributed by atoms with E-state index in [1.807, 2.05) is 13.8 Å². The average molecular weight is 338 g/mol. The molecular formula is C14H18N4O4S. The molecule has 2 aromatic heterocycles. The fourth-order valence-corrected chi connectivity index (χ4v) is 2.52. The molecule has 0 fully saturated rings. The van der Waals surface area contributed by atoms with E-state index in [0.29, 0.717) is 36.1 Å². The van der Waals surface area contributed by atoms with Gasteiger partial charge in [0.25, 0.3) is 0 Å². The number of aromatic carboxylic acids is 1. The van der Waals surface area contributed by atoms with Gasteiger partial charge >= 0.3 is 5.97 Å². The lowest BCUT2D eigenvalue weighted by Crippen LogP contribution is -2.25. The highest BCUT2D eigenvalue weighted by atomic mass is 32.1. The summed E-state index contributed by atoms with van der Waals surface area (Å²) in [5.74, 6) is 0.116. The molecule has 0 radical (unpaired) electrons. The zero-order valence-corrected chi connectivity index (χ0v) is 13.7. The molecule has 1 amide bonds. The summed E-state index contributed by atoms with van der Waals surface area (Å²) >= 11 is 1.27. The van der Waals surface area contributed by atoms with Crippen molar-refractivity contribution in [3.8, 4) is 0 Å². The second-order valence-corrected chi connectivity index (χ2v) is 6.18. The van der Waals surface area contributed by atoms with Gasteiger partial charge in [0.2, 0.25) is 11.8 Å². The second kappa shape index (κ2) is 7.82. The lowest BCUT2D eigenvalue weighted by Gasteiger charge is -2.02. The van der Waals surface area contributed by atoms with Gasteiger partial charge in [-0.25, -0.2) is 9.78 Å². The monoisotopic (exact) mass is 338 g/mol. The fourth-order valence-electron chi connectivity index (χ4n) is 1.75. The van der Waals surface area contributed by atoms with Crippen LogP contribution in [0.4, 0.5) is 0 Å². The molecule has 0 spiro atoms. The number of carboxylic acid groups (broad SMARTS) is 1. The topological polar surface area (TPSA) is 118 Å². The molecule has 0 bridgehead atoms.